The predicted octanol–water partition coefficient (Wildman–Crippen LogP) is 5.52. The van der Waals surface area contributed by atoms with Gasteiger partial charge in [-0.3, -0.25) is 4.79 Å². The Labute approximate surface area is 188 Å². The Bertz CT molecular complexity index is 1020. The summed E-state index contributed by atoms with van der Waals surface area (Å²) in [4.78, 5) is 13.1. The van der Waals surface area contributed by atoms with Crippen molar-refractivity contribution in [2.24, 2.45) is 0 Å². The number of hydrogen-bond donors (Lipinski definition) is 1. The van der Waals surface area contributed by atoms with E-state index in [0.717, 1.165) is 22.4 Å². The van der Waals surface area contributed by atoms with Gasteiger partial charge in [0.15, 0.2) is 11.5 Å². The molecule has 0 fully saturated rings. The average Bonchev–Trinajstić information content (AvgIpc) is 2.77. The molecule has 0 aromatic heterocycles. The molecule has 0 spiro atoms. The van der Waals surface area contributed by atoms with Crippen molar-refractivity contribution in [1.29, 1.82) is 0 Å². The minimum atomic E-state index is 0.0452. The maximum absolute atomic E-state index is 11.5. The second-order valence-corrected chi connectivity index (χ2v) is 7.77. The van der Waals surface area contributed by atoms with Crippen LogP contribution >= 0.6 is 11.6 Å². The van der Waals surface area contributed by atoms with E-state index in [9.17, 15) is 4.79 Å². The maximum atomic E-state index is 11.5. The first kappa shape index (κ1) is 22.5. The van der Waals surface area contributed by atoms with E-state index in [0.29, 0.717) is 36.2 Å². The Balaban J connectivity index is 1.61. The van der Waals surface area contributed by atoms with Crippen molar-refractivity contribution in [3.8, 4) is 11.5 Å². The molecule has 5 nitrogen and oxygen atoms in total. The van der Waals surface area contributed by atoms with E-state index in [2.05, 4.69) is 11.4 Å². The van der Waals surface area contributed by atoms with Crippen LogP contribution in [0.1, 0.15) is 23.6 Å². The number of halogens is 1. The molecular weight excluding hydrogens is 412 g/mol. The number of hydrogen-bond acceptors (Lipinski definition) is 4. The Morgan fingerprint density at radius 1 is 0.968 bits per heavy atom. The summed E-state index contributed by atoms with van der Waals surface area (Å²) < 4.78 is 11.4. The van der Waals surface area contributed by atoms with Gasteiger partial charge >= 0.3 is 0 Å². The van der Waals surface area contributed by atoms with Crippen LogP contribution in [0.15, 0.2) is 66.7 Å². The first-order chi connectivity index (χ1) is 14.9. The quantitative estimate of drug-likeness (QED) is 0.478. The fourth-order valence-electron chi connectivity index (χ4n) is 3.05. The highest BCUT2D eigenvalue weighted by Crippen LogP contribution is 2.29. The highest BCUT2D eigenvalue weighted by atomic mass is 35.5. The summed E-state index contributed by atoms with van der Waals surface area (Å²) in [5.41, 5.74) is 4.18. The third kappa shape index (κ3) is 6.66. The maximum Gasteiger partial charge on any atom is 0.219 e. The SMILES string of the molecule is COc1cc(CNc2cccc(CN(C)C(C)=O)c2)ccc1OCc1ccc(Cl)cc1. The molecule has 0 heterocycles. The minimum absolute atomic E-state index is 0.0452. The highest BCUT2D eigenvalue weighted by Gasteiger charge is 2.08. The molecule has 3 aromatic rings. The molecule has 0 bridgehead atoms. The smallest absolute Gasteiger partial charge is 0.219 e. The number of amides is 1. The van der Waals surface area contributed by atoms with Crippen LogP contribution in [-0.2, 0) is 24.5 Å². The fourth-order valence-corrected chi connectivity index (χ4v) is 3.18. The lowest BCUT2D eigenvalue weighted by Crippen LogP contribution is -2.22. The predicted molar refractivity (Wildman–Crippen MR) is 125 cm³/mol. The van der Waals surface area contributed by atoms with Gasteiger partial charge in [-0.25, -0.2) is 0 Å². The molecule has 0 radical (unpaired) electrons. The molecule has 0 aliphatic carbocycles. The van der Waals surface area contributed by atoms with E-state index in [4.69, 9.17) is 21.1 Å². The van der Waals surface area contributed by atoms with Crippen LogP contribution in [0, 0.1) is 0 Å². The first-order valence-electron chi connectivity index (χ1n) is 10.0. The Morgan fingerprint density at radius 3 is 2.42 bits per heavy atom. The van der Waals surface area contributed by atoms with Gasteiger partial charge in [0.25, 0.3) is 0 Å². The number of methoxy groups -OCH3 is 1. The van der Waals surface area contributed by atoms with E-state index in [1.165, 1.54) is 0 Å². The Kier molecular flexibility index (Phi) is 7.79. The van der Waals surface area contributed by atoms with Crippen LogP contribution in [0.2, 0.25) is 5.02 Å². The van der Waals surface area contributed by atoms with Crippen LogP contribution in [-0.4, -0.2) is 25.0 Å². The van der Waals surface area contributed by atoms with E-state index in [1.807, 2.05) is 60.7 Å². The standard InChI is InChI=1S/C25H27ClN2O3/c1-18(29)28(2)16-21-5-4-6-23(13-21)27-15-20-9-12-24(25(14-20)30-3)31-17-19-7-10-22(26)11-8-19/h4-14,27H,15-17H2,1-3H3. The summed E-state index contributed by atoms with van der Waals surface area (Å²) in [6.45, 7) is 3.23. The van der Waals surface area contributed by atoms with Crippen molar-refractivity contribution in [1.82, 2.24) is 4.90 Å². The van der Waals surface area contributed by atoms with E-state index >= 15 is 0 Å². The summed E-state index contributed by atoms with van der Waals surface area (Å²) in [5.74, 6) is 1.42. The number of nitrogens with zero attached hydrogens (tertiary/aromatic N) is 1. The van der Waals surface area contributed by atoms with Crippen molar-refractivity contribution >= 4 is 23.2 Å². The zero-order valence-electron chi connectivity index (χ0n) is 18.0. The number of anilines is 1. The zero-order valence-corrected chi connectivity index (χ0v) is 18.8. The Hall–Kier alpha value is -3.18. The monoisotopic (exact) mass is 438 g/mol. The first-order valence-corrected chi connectivity index (χ1v) is 10.4. The Morgan fingerprint density at radius 2 is 1.71 bits per heavy atom. The summed E-state index contributed by atoms with van der Waals surface area (Å²) in [5, 5.41) is 4.13. The molecule has 1 amide bonds. The lowest BCUT2D eigenvalue weighted by Gasteiger charge is -2.16. The second-order valence-electron chi connectivity index (χ2n) is 7.33. The molecule has 0 saturated carbocycles. The average molecular weight is 439 g/mol. The van der Waals surface area contributed by atoms with Gasteiger partial charge in [0.05, 0.1) is 7.11 Å². The molecule has 162 valence electrons. The van der Waals surface area contributed by atoms with Crippen LogP contribution < -0.4 is 14.8 Å². The van der Waals surface area contributed by atoms with Gasteiger partial charge < -0.3 is 19.7 Å². The number of carbonyl (C=O) groups is 1. The summed E-state index contributed by atoms with van der Waals surface area (Å²) in [6.07, 6.45) is 0. The molecule has 3 rings (SSSR count). The van der Waals surface area contributed by atoms with Gasteiger partial charge in [0, 0.05) is 37.8 Å². The minimum Gasteiger partial charge on any atom is -0.493 e. The van der Waals surface area contributed by atoms with Gasteiger partial charge in [0.2, 0.25) is 5.91 Å². The topological polar surface area (TPSA) is 50.8 Å². The zero-order chi connectivity index (χ0) is 22.2. The van der Waals surface area contributed by atoms with Crippen molar-refractivity contribution < 1.29 is 14.3 Å². The molecule has 0 saturated heterocycles. The lowest BCUT2D eigenvalue weighted by molar-refractivity contribution is -0.128. The number of carbonyl (C=O) groups excluding carboxylic acids is 1. The molecule has 6 heteroatoms. The largest absolute Gasteiger partial charge is 0.493 e. The molecule has 0 aliphatic rings. The van der Waals surface area contributed by atoms with Crippen LogP contribution in [0.25, 0.3) is 0 Å². The second kappa shape index (κ2) is 10.7. The van der Waals surface area contributed by atoms with Gasteiger partial charge in [-0.15, -0.1) is 0 Å². The van der Waals surface area contributed by atoms with E-state index < -0.39 is 0 Å². The number of ether oxygens (including phenoxy) is 2. The van der Waals surface area contributed by atoms with Crippen LogP contribution in [0.5, 0.6) is 11.5 Å². The third-order valence-electron chi connectivity index (χ3n) is 4.92. The molecular formula is C25H27ClN2O3. The van der Waals surface area contributed by atoms with Gasteiger partial charge in [0.1, 0.15) is 6.61 Å². The van der Waals surface area contributed by atoms with Crippen LogP contribution in [0.3, 0.4) is 0 Å². The highest BCUT2D eigenvalue weighted by molar-refractivity contribution is 6.30. The van der Waals surface area contributed by atoms with Gasteiger partial charge in [-0.05, 0) is 53.1 Å². The van der Waals surface area contributed by atoms with Crippen molar-refractivity contribution in [2.75, 3.05) is 19.5 Å². The van der Waals surface area contributed by atoms with Crippen LogP contribution in [0.4, 0.5) is 5.69 Å². The molecule has 0 aliphatic heterocycles. The van der Waals surface area contributed by atoms with Crippen molar-refractivity contribution in [3.05, 3.63) is 88.4 Å². The summed E-state index contributed by atoms with van der Waals surface area (Å²) in [7, 11) is 3.43. The molecule has 31 heavy (non-hydrogen) atoms. The lowest BCUT2D eigenvalue weighted by atomic mass is 10.1. The molecule has 0 unspecified atom stereocenters. The number of nitrogens with one attached hydrogen (secondary N) is 1. The third-order valence-corrected chi connectivity index (χ3v) is 5.17. The molecule has 3 aromatic carbocycles. The summed E-state index contributed by atoms with van der Waals surface area (Å²) in [6, 6.07) is 21.5. The van der Waals surface area contributed by atoms with E-state index in [-0.39, 0.29) is 5.91 Å². The van der Waals surface area contributed by atoms with Crippen molar-refractivity contribution in [3.63, 3.8) is 0 Å². The number of benzene rings is 3. The summed E-state index contributed by atoms with van der Waals surface area (Å²) >= 11 is 5.93. The van der Waals surface area contributed by atoms with E-state index in [1.54, 1.807) is 26.0 Å². The molecule has 1 N–H and O–H groups in total. The van der Waals surface area contributed by atoms with Gasteiger partial charge in [-0.1, -0.05) is 41.9 Å². The molecule has 0 atom stereocenters. The van der Waals surface area contributed by atoms with Crippen molar-refractivity contribution in [2.45, 2.75) is 26.6 Å². The van der Waals surface area contributed by atoms with Gasteiger partial charge in [-0.2, -0.15) is 0 Å². The number of rotatable bonds is 9. The normalized spacial score (nSPS) is 10.5. The fraction of sp³-hybridized carbons (Fsp3) is 0.240.